The van der Waals surface area contributed by atoms with E-state index in [1.165, 1.54) is 18.2 Å². The lowest BCUT2D eigenvalue weighted by atomic mass is 9.95. The molecule has 0 atom stereocenters. The molecule has 0 aliphatic carbocycles. The second-order valence-corrected chi connectivity index (χ2v) is 7.09. The summed E-state index contributed by atoms with van der Waals surface area (Å²) in [6.45, 7) is 3.51. The molecule has 7 nitrogen and oxygen atoms in total. The van der Waals surface area contributed by atoms with E-state index in [0.29, 0.717) is 30.3 Å². The first kappa shape index (κ1) is 19.5. The van der Waals surface area contributed by atoms with Gasteiger partial charge < -0.3 is 10.2 Å². The normalized spacial score (nSPS) is 14.6. The molecule has 2 aromatic rings. The van der Waals surface area contributed by atoms with Crippen molar-refractivity contribution < 1.29 is 14.5 Å². The minimum atomic E-state index is -0.533. The molecule has 1 aliphatic rings. The van der Waals surface area contributed by atoms with Gasteiger partial charge in [0.25, 0.3) is 11.6 Å². The van der Waals surface area contributed by atoms with Crippen molar-refractivity contribution in [2.24, 2.45) is 5.92 Å². The van der Waals surface area contributed by atoms with Crippen LogP contribution in [0.1, 0.15) is 46.0 Å². The molecular formula is C21H23N3O4. The number of hydrogen-bond donors (Lipinski definition) is 1. The standard InChI is InChI=1S/C21H23N3O4/c1-14-9-11-23(12-10-14)21(26)17-6-4-3-5-16(17)20(25)15-7-8-18(22-2)19(13-15)24(27)28/h3-8,13-14,22H,9-12H2,1-2H3. The van der Waals surface area contributed by atoms with E-state index in [2.05, 4.69) is 12.2 Å². The number of piperidine rings is 1. The van der Waals surface area contributed by atoms with E-state index in [1.54, 1.807) is 36.2 Å². The first-order valence-electron chi connectivity index (χ1n) is 9.31. The number of nitrogens with zero attached hydrogens (tertiary/aromatic N) is 2. The van der Waals surface area contributed by atoms with Gasteiger partial charge in [0.05, 0.1) is 10.5 Å². The van der Waals surface area contributed by atoms with Gasteiger partial charge in [0, 0.05) is 37.3 Å². The number of nitrogens with one attached hydrogen (secondary N) is 1. The van der Waals surface area contributed by atoms with Gasteiger partial charge in [-0.25, -0.2) is 0 Å². The second-order valence-electron chi connectivity index (χ2n) is 7.09. The van der Waals surface area contributed by atoms with Crippen molar-refractivity contribution >= 4 is 23.1 Å². The Labute approximate surface area is 163 Å². The van der Waals surface area contributed by atoms with Crippen LogP contribution in [-0.2, 0) is 0 Å². The fourth-order valence-corrected chi connectivity index (χ4v) is 3.44. The first-order valence-corrected chi connectivity index (χ1v) is 9.31. The lowest BCUT2D eigenvalue weighted by Crippen LogP contribution is -2.38. The molecule has 3 rings (SSSR count). The number of amides is 1. The molecule has 28 heavy (non-hydrogen) atoms. The first-order chi connectivity index (χ1) is 13.4. The Bertz CT molecular complexity index is 918. The molecule has 1 heterocycles. The average molecular weight is 381 g/mol. The van der Waals surface area contributed by atoms with Crippen molar-refractivity contribution in [1.82, 2.24) is 4.90 Å². The molecule has 1 aliphatic heterocycles. The van der Waals surface area contributed by atoms with Gasteiger partial charge in [0.2, 0.25) is 0 Å². The summed E-state index contributed by atoms with van der Waals surface area (Å²) in [5, 5.41) is 14.0. The maximum atomic E-state index is 13.1. The van der Waals surface area contributed by atoms with Crippen LogP contribution in [-0.4, -0.2) is 41.7 Å². The van der Waals surface area contributed by atoms with Crippen molar-refractivity contribution in [3.05, 3.63) is 69.3 Å². The number of carbonyl (C=O) groups excluding carboxylic acids is 2. The maximum absolute atomic E-state index is 13.1. The Balaban J connectivity index is 1.94. The second kappa shape index (κ2) is 8.21. The molecule has 0 spiro atoms. The third-order valence-electron chi connectivity index (χ3n) is 5.20. The quantitative estimate of drug-likeness (QED) is 0.484. The number of rotatable bonds is 5. The topological polar surface area (TPSA) is 92.6 Å². The third-order valence-corrected chi connectivity index (χ3v) is 5.20. The molecular weight excluding hydrogens is 358 g/mol. The van der Waals surface area contributed by atoms with E-state index >= 15 is 0 Å². The van der Waals surface area contributed by atoms with Crippen LogP contribution in [0.25, 0.3) is 0 Å². The zero-order valence-corrected chi connectivity index (χ0v) is 16.0. The smallest absolute Gasteiger partial charge is 0.293 e. The molecule has 1 saturated heterocycles. The van der Waals surface area contributed by atoms with Crippen molar-refractivity contribution in [2.75, 3.05) is 25.5 Å². The van der Waals surface area contributed by atoms with Crippen molar-refractivity contribution in [1.29, 1.82) is 0 Å². The van der Waals surface area contributed by atoms with Crippen molar-refractivity contribution in [2.45, 2.75) is 19.8 Å². The minimum absolute atomic E-state index is 0.169. The zero-order chi connectivity index (χ0) is 20.3. The minimum Gasteiger partial charge on any atom is -0.383 e. The molecule has 0 unspecified atom stereocenters. The Kier molecular flexibility index (Phi) is 5.73. The molecule has 2 aromatic carbocycles. The van der Waals surface area contributed by atoms with E-state index in [4.69, 9.17) is 0 Å². The third kappa shape index (κ3) is 3.88. The Morgan fingerprint density at radius 1 is 1.11 bits per heavy atom. The van der Waals surface area contributed by atoms with E-state index < -0.39 is 10.7 Å². The maximum Gasteiger partial charge on any atom is 0.293 e. The van der Waals surface area contributed by atoms with Crippen LogP contribution < -0.4 is 5.32 Å². The molecule has 0 radical (unpaired) electrons. The Morgan fingerprint density at radius 3 is 2.36 bits per heavy atom. The number of benzene rings is 2. The van der Waals surface area contributed by atoms with Gasteiger partial charge in [-0.2, -0.15) is 0 Å². The van der Waals surface area contributed by atoms with Crippen LogP contribution in [0.4, 0.5) is 11.4 Å². The van der Waals surface area contributed by atoms with Gasteiger partial charge >= 0.3 is 0 Å². The van der Waals surface area contributed by atoms with Gasteiger partial charge in [-0.05, 0) is 37.0 Å². The highest BCUT2D eigenvalue weighted by Crippen LogP contribution is 2.27. The summed E-state index contributed by atoms with van der Waals surface area (Å²) in [6.07, 6.45) is 1.89. The number of hydrogen-bond acceptors (Lipinski definition) is 5. The molecule has 7 heteroatoms. The van der Waals surface area contributed by atoms with Crippen molar-refractivity contribution in [3.63, 3.8) is 0 Å². The molecule has 0 saturated carbocycles. The number of nitro groups is 1. The van der Waals surface area contributed by atoms with E-state index in [1.807, 2.05) is 0 Å². The highest BCUT2D eigenvalue weighted by atomic mass is 16.6. The summed E-state index contributed by atoms with van der Waals surface area (Å²) in [5.41, 5.74) is 0.925. The largest absolute Gasteiger partial charge is 0.383 e. The van der Waals surface area contributed by atoms with Gasteiger partial charge in [0.1, 0.15) is 5.69 Å². The Hall–Kier alpha value is -3.22. The summed E-state index contributed by atoms with van der Waals surface area (Å²) in [5.74, 6) is 0.0180. The summed E-state index contributed by atoms with van der Waals surface area (Å²) in [4.78, 5) is 38.6. The van der Waals surface area contributed by atoms with Gasteiger partial charge in [-0.3, -0.25) is 19.7 Å². The Morgan fingerprint density at radius 2 is 1.75 bits per heavy atom. The average Bonchev–Trinajstić information content (AvgIpc) is 2.72. The zero-order valence-electron chi connectivity index (χ0n) is 16.0. The van der Waals surface area contributed by atoms with Crippen LogP contribution in [0, 0.1) is 16.0 Å². The summed E-state index contributed by atoms with van der Waals surface area (Å²) in [7, 11) is 1.58. The monoisotopic (exact) mass is 381 g/mol. The van der Waals surface area contributed by atoms with Crippen LogP contribution >= 0.6 is 0 Å². The number of nitro benzene ring substituents is 1. The summed E-state index contributed by atoms with van der Waals surface area (Å²) >= 11 is 0. The van der Waals surface area contributed by atoms with E-state index in [9.17, 15) is 19.7 Å². The highest BCUT2D eigenvalue weighted by Gasteiger charge is 2.26. The molecule has 0 bridgehead atoms. The molecule has 1 N–H and O–H groups in total. The SMILES string of the molecule is CNc1ccc(C(=O)c2ccccc2C(=O)N2CCC(C)CC2)cc1[N+](=O)[O-]. The van der Waals surface area contributed by atoms with Crippen LogP contribution in [0.15, 0.2) is 42.5 Å². The lowest BCUT2D eigenvalue weighted by Gasteiger charge is -2.30. The summed E-state index contributed by atoms with van der Waals surface area (Å²) < 4.78 is 0. The highest BCUT2D eigenvalue weighted by molar-refractivity contribution is 6.15. The molecule has 1 amide bonds. The fraction of sp³-hybridized carbons (Fsp3) is 0.333. The fourth-order valence-electron chi connectivity index (χ4n) is 3.44. The van der Waals surface area contributed by atoms with Crippen LogP contribution in [0.5, 0.6) is 0 Å². The lowest BCUT2D eigenvalue weighted by molar-refractivity contribution is -0.384. The predicted molar refractivity (Wildman–Crippen MR) is 107 cm³/mol. The van der Waals surface area contributed by atoms with E-state index in [0.717, 1.165) is 12.8 Å². The number of ketones is 1. The molecule has 146 valence electrons. The number of likely N-dealkylation sites (tertiary alicyclic amines) is 1. The van der Waals surface area contributed by atoms with Gasteiger partial charge in [-0.15, -0.1) is 0 Å². The predicted octanol–water partition coefficient (Wildman–Crippen LogP) is 3.74. The van der Waals surface area contributed by atoms with Crippen molar-refractivity contribution in [3.8, 4) is 0 Å². The molecule has 0 aromatic heterocycles. The van der Waals surface area contributed by atoms with E-state index in [-0.39, 0.29) is 22.7 Å². The van der Waals surface area contributed by atoms with Gasteiger partial charge in [0.15, 0.2) is 5.78 Å². The van der Waals surface area contributed by atoms with Crippen LogP contribution in [0.3, 0.4) is 0 Å². The number of carbonyl (C=O) groups is 2. The summed E-state index contributed by atoms with van der Waals surface area (Å²) in [6, 6.07) is 10.9. The van der Waals surface area contributed by atoms with Gasteiger partial charge in [-0.1, -0.05) is 25.1 Å². The number of anilines is 1. The molecule has 1 fully saturated rings. The van der Waals surface area contributed by atoms with Crippen LogP contribution in [0.2, 0.25) is 0 Å².